The highest BCUT2D eigenvalue weighted by Gasteiger charge is 2.44. The van der Waals surface area contributed by atoms with E-state index < -0.39 is 23.6 Å². The highest BCUT2D eigenvalue weighted by molar-refractivity contribution is 6.07. The Morgan fingerprint density at radius 1 is 1.03 bits per heavy atom. The summed E-state index contributed by atoms with van der Waals surface area (Å²) >= 11 is 0. The van der Waals surface area contributed by atoms with Crippen LogP contribution in [0.3, 0.4) is 0 Å². The van der Waals surface area contributed by atoms with E-state index in [9.17, 15) is 23.9 Å². The molecule has 1 unspecified atom stereocenters. The molecule has 4 rings (SSSR count). The number of piperazine rings is 1. The molecule has 160 valence electrons. The van der Waals surface area contributed by atoms with E-state index in [2.05, 4.69) is 5.32 Å². The molecule has 0 saturated carbocycles. The fourth-order valence-electron chi connectivity index (χ4n) is 3.84. The Labute approximate surface area is 178 Å². The second-order valence-electron chi connectivity index (χ2n) is 7.60. The third-order valence-corrected chi connectivity index (χ3v) is 5.50. The van der Waals surface area contributed by atoms with E-state index in [1.165, 1.54) is 21.9 Å². The molecule has 0 bridgehead atoms. The lowest BCUT2D eigenvalue weighted by Crippen LogP contribution is -2.56. The van der Waals surface area contributed by atoms with Gasteiger partial charge < -0.3 is 20.2 Å². The fraction of sp³-hybridized carbons (Fsp3) is 0.261. The number of carbonyl (C=O) groups excluding carboxylic acids is 3. The average molecular weight is 423 g/mol. The van der Waals surface area contributed by atoms with Crippen molar-refractivity contribution in [3.8, 4) is 0 Å². The molecular weight excluding hydrogens is 401 g/mol. The highest BCUT2D eigenvalue weighted by Crippen LogP contribution is 2.30. The van der Waals surface area contributed by atoms with Crippen LogP contribution < -0.4 is 5.32 Å². The Morgan fingerprint density at radius 2 is 1.74 bits per heavy atom. The zero-order valence-corrected chi connectivity index (χ0v) is 16.8. The largest absolute Gasteiger partial charge is 0.510 e. The number of aliphatic hydroxyl groups excluding tert-OH is 1. The minimum Gasteiger partial charge on any atom is -0.510 e. The summed E-state index contributed by atoms with van der Waals surface area (Å²) in [5.41, 5.74) is 1.55. The van der Waals surface area contributed by atoms with Crippen LogP contribution in [0.25, 0.3) is 0 Å². The quantitative estimate of drug-likeness (QED) is 0.721. The molecule has 2 aromatic rings. The second kappa shape index (κ2) is 8.59. The van der Waals surface area contributed by atoms with Crippen molar-refractivity contribution in [1.29, 1.82) is 0 Å². The van der Waals surface area contributed by atoms with Gasteiger partial charge in [0.1, 0.15) is 23.2 Å². The number of carbonyl (C=O) groups is 3. The zero-order chi connectivity index (χ0) is 22.0. The molecule has 2 heterocycles. The van der Waals surface area contributed by atoms with Crippen LogP contribution in [-0.2, 0) is 27.5 Å². The lowest BCUT2D eigenvalue weighted by molar-refractivity contribution is -0.149. The number of rotatable bonds is 5. The smallest absolute Gasteiger partial charge is 0.274 e. The monoisotopic (exact) mass is 423 g/mol. The second-order valence-corrected chi connectivity index (χ2v) is 7.60. The standard InChI is InChI=1S/C23H22FN3O4/c24-17-8-6-16(7-9-17)14-26-10-11-27-20(23(26)31)19(28)12-18(22(27)30)21(29)25-13-15-4-2-1-3-5-15/h1-9,18,28H,10-14H2,(H,25,29). The molecule has 7 nitrogen and oxygen atoms in total. The van der Waals surface area contributed by atoms with Crippen LogP contribution in [-0.4, -0.2) is 45.7 Å². The van der Waals surface area contributed by atoms with Gasteiger partial charge in [-0.2, -0.15) is 0 Å². The summed E-state index contributed by atoms with van der Waals surface area (Å²) in [4.78, 5) is 41.1. The maximum absolute atomic E-state index is 13.1. The first-order valence-electron chi connectivity index (χ1n) is 10.0. The van der Waals surface area contributed by atoms with Crippen molar-refractivity contribution < 1.29 is 23.9 Å². The van der Waals surface area contributed by atoms with Crippen molar-refractivity contribution in [2.45, 2.75) is 19.5 Å². The number of amides is 3. The Hall–Kier alpha value is -3.68. The third-order valence-electron chi connectivity index (χ3n) is 5.50. The molecule has 2 aromatic carbocycles. The molecule has 0 spiro atoms. The van der Waals surface area contributed by atoms with Crippen LogP contribution in [0.2, 0.25) is 0 Å². The Balaban J connectivity index is 1.46. The van der Waals surface area contributed by atoms with Crippen molar-refractivity contribution in [2.24, 2.45) is 5.92 Å². The van der Waals surface area contributed by atoms with E-state index in [0.717, 1.165) is 11.1 Å². The Bertz CT molecular complexity index is 1040. The van der Waals surface area contributed by atoms with Crippen molar-refractivity contribution in [2.75, 3.05) is 13.1 Å². The van der Waals surface area contributed by atoms with Gasteiger partial charge in [0.05, 0.1) is 0 Å². The fourth-order valence-corrected chi connectivity index (χ4v) is 3.84. The lowest BCUT2D eigenvalue weighted by atomic mass is 9.94. The first-order valence-corrected chi connectivity index (χ1v) is 10.0. The predicted molar refractivity (Wildman–Crippen MR) is 110 cm³/mol. The van der Waals surface area contributed by atoms with E-state index in [1.54, 1.807) is 12.1 Å². The number of fused-ring (bicyclic) bond motifs is 1. The van der Waals surface area contributed by atoms with Crippen LogP contribution in [0.4, 0.5) is 4.39 Å². The third kappa shape index (κ3) is 4.28. The molecule has 0 radical (unpaired) electrons. The van der Waals surface area contributed by atoms with Gasteiger partial charge in [0.2, 0.25) is 11.8 Å². The maximum Gasteiger partial charge on any atom is 0.274 e. The van der Waals surface area contributed by atoms with Crippen LogP contribution in [0.15, 0.2) is 66.1 Å². The van der Waals surface area contributed by atoms with Crippen LogP contribution in [0, 0.1) is 11.7 Å². The minimum atomic E-state index is -1.08. The van der Waals surface area contributed by atoms with Gasteiger partial charge in [-0.25, -0.2) is 4.39 Å². The van der Waals surface area contributed by atoms with Gasteiger partial charge in [-0.3, -0.25) is 14.4 Å². The SMILES string of the molecule is O=C(NCc1ccccc1)C1CC(O)=C2C(=O)N(Cc3ccc(F)cc3)CCN2C1=O. The first-order chi connectivity index (χ1) is 14.9. The maximum atomic E-state index is 13.1. The molecule has 1 saturated heterocycles. The summed E-state index contributed by atoms with van der Waals surface area (Å²) in [5.74, 6) is -3.18. The van der Waals surface area contributed by atoms with E-state index in [-0.39, 0.29) is 49.9 Å². The number of allylic oxidation sites excluding steroid dienone is 1. The van der Waals surface area contributed by atoms with Gasteiger partial charge in [0.25, 0.3) is 5.91 Å². The number of nitrogens with zero attached hydrogens (tertiary/aromatic N) is 2. The van der Waals surface area contributed by atoms with E-state index >= 15 is 0 Å². The minimum absolute atomic E-state index is 0.0783. The molecular formula is C23H22FN3O4. The molecule has 0 aliphatic carbocycles. The van der Waals surface area contributed by atoms with Gasteiger partial charge in [-0.1, -0.05) is 42.5 Å². The van der Waals surface area contributed by atoms with E-state index in [4.69, 9.17) is 0 Å². The lowest BCUT2D eigenvalue weighted by Gasteiger charge is -2.40. The van der Waals surface area contributed by atoms with Gasteiger partial charge in [0.15, 0.2) is 0 Å². The number of hydrogen-bond acceptors (Lipinski definition) is 4. The molecule has 3 amide bonds. The summed E-state index contributed by atoms with van der Waals surface area (Å²) in [5, 5.41) is 13.3. The van der Waals surface area contributed by atoms with Crippen molar-refractivity contribution >= 4 is 17.7 Å². The van der Waals surface area contributed by atoms with Gasteiger partial charge in [-0.15, -0.1) is 0 Å². The summed E-state index contributed by atoms with van der Waals surface area (Å²) in [6.07, 6.45) is -0.221. The molecule has 1 fully saturated rings. The molecule has 1 atom stereocenters. The van der Waals surface area contributed by atoms with Gasteiger partial charge >= 0.3 is 0 Å². The highest BCUT2D eigenvalue weighted by atomic mass is 19.1. The van der Waals surface area contributed by atoms with E-state index in [1.807, 2.05) is 30.3 Å². The van der Waals surface area contributed by atoms with Crippen molar-refractivity contribution in [3.63, 3.8) is 0 Å². The number of hydrogen-bond donors (Lipinski definition) is 2. The molecule has 8 heteroatoms. The number of benzene rings is 2. The topological polar surface area (TPSA) is 89.9 Å². The average Bonchev–Trinajstić information content (AvgIpc) is 2.78. The zero-order valence-electron chi connectivity index (χ0n) is 16.8. The number of halogens is 1. The van der Waals surface area contributed by atoms with Crippen LogP contribution >= 0.6 is 0 Å². The van der Waals surface area contributed by atoms with Crippen molar-refractivity contribution in [1.82, 2.24) is 15.1 Å². The number of aliphatic hydroxyl groups is 1. The summed E-state index contributed by atoms with van der Waals surface area (Å²) < 4.78 is 13.1. The van der Waals surface area contributed by atoms with Crippen LogP contribution in [0.1, 0.15) is 17.5 Å². The normalized spacial score (nSPS) is 18.8. The van der Waals surface area contributed by atoms with Crippen LogP contribution in [0.5, 0.6) is 0 Å². The molecule has 2 aliphatic heterocycles. The number of nitrogens with one attached hydrogen (secondary N) is 1. The molecule has 2 N–H and O–H groups in total. The molecule has 0 aromatic heterocycles. The van der Waals surface area contributed by atoms with Crippen molar-refractivity contribution in [3.05, 3.63) is 83.0 Å². The Morgan fingerprint density at radius 3 is 2.45 bits per heavy atom. The summed E-state index contributed by atoms with van der Waals surface area (Å²) in [7, 11) is 0. The summed E-state index contributed by atoms with van der Waals surface area (Å²) in [6.45, 7) is 0.925. The molecule has 31 heavy (non-hydrogen) atoms. The predicted octanol–water partition coefficient (Wildman–Crippen LogP) is 2.10. The molecule has 2 aliphatic rings. The van der Waals surface area contributed by atoms with Gasteiger partial charge in [-0.05, 0) is 23.3 Å². The van der Waals surface area contributed by atoms with Gasteiger partial charge in [0, 0.05) is 32.6 Å². The Kier molecular flexibility index (Phi) is 5.70. The van der Waals surface area contributed by atoms with E-state index in [0.29, 0.717) is 0 Å². The first kappa shape index (κ1) is 20.6. The summed E-state index contributed by atoms with van der Waals surface area (Å²) in [6, 6.07) is 15.1.